The molecule has 0 atom stereocenters. The van der Waals surface area contributed by atoms with E-state index in [9.17, 15) is 40.5 Å². The van der Waals surface area contributed by atoms with Gasteiger partial charge in [-0.15, -0.1) is 0 Å². The highest BCUT2D eigenvalue weighted by molar-refractivity contribution is 5.68. The van der Waals surface area contributed by atoms with E-state index in [0.717, 1.165) is 36.4 Å². The van der Waals surface area contributed by atoms with E-state index >= 15 is 0 Å². The molecule has 0 aliphatic heterocycles. The highest BCUT2D eigenvalue weighted by Gasteiger charge is 2.20. The van der Waals surface area contributed by atoms with Crippen molar-refractivity contribution in [3.63, 3.8) is 0 Å². The molecule has 0 fully saturated rings. The molecule has 0 amide bonds. The normalized spacial score (nSPS) is 10.4. The molecule has 0 radical (unpaired) electrons. The van der Waals surface area contributed by atoms with Crippen LogP contribution < -0.4 is 10.6 Å². The zero-order valence-electron chi connectivity index (χ0n) is 13.7. The Morgan fingerprint density at radius 2 is 0.964 bits per heavy atom. The zero-order valence-corrected chi connectivity index (χ0v) is 13.7. The largest absolute Gasteiger partial charge is 0.355 e. The van der Waals surface area contributed by atoms with Gasteiger partial charge in [-0.05, 0) is 12.1 Å². The maximum absolute atomic E-state index is 11.0. The number of hydrogen-bond acceptors (Lipinski definition) is 10. The Labute approximate surface area is 154 Å². The van der Waals surface area contributed by atoms with E-state index in [1.807, 2.05) is 0 Å². The number of hydrogen-bond donors (Lipinski definition) is 2. The van der Waals surface area contributed by atoms with Gasteiger partial charge in [-0.1, -0.05) is 0 Å². The first-order valence-corrected chi connectivity index (χ1v) is 7.24. The monoisotopic (exact) mass is 390 g/mol. The summed E-state index contributed by atoms with van der Waals surface area (Å²) in [6.45, 7) is 0. The molecular weight excluding hydrogens is 380 g/mol. The van der Waals surface area contributed by atoms with Crippen LogP contribution in [0.4, 0.5) is 34.1 Å². The second-order valence-electron chi connectivity index (χ2n) is 5.05. The van der Waals surface area contributed by atoms with Crippen molar-refractivity contribution in [2.75, 3.05) is 10.6 Å². The first kappa shape index (κ1) is 19.7. The summed E-state index contributed by atoms with van der Waals surface area (Å²) in [7, 11) is 0. The average Bonchev–Trinajstić information content (AvgIpc) is 2.64. The summed E-state index contributed by atoms with van der Waals surface area (Å²) >= 11 is 0. The zero-order chi connectivity index (χ0) is 20.8. The van der Waals surface area contributed by atoms with Gasteiger partial charge in [-0.3, -0.25) is 40.5 Å². The number of nitrogens with zero attached hydrogens (tertiary/aromatic N) is 4. The van der Waals surface area contributed by atoms with Crippen molar-refractivity contribution in [3.05, 3.63) is 89.3 Å². The van der Waals surface area contributed by atoms with Crippen LogP contribution >= 0.6 is 0 Å². The van der Waals surface area contributed by atoms with Gasteiger partial charge < -0.3 is 10.6 Å². The highest BCUT2D eigenvalue weighted by Crippen LogP contribution is 2.30. The Balaban J connectivity index is 2.19. The van der Waals surface area contributed by atoms with Gasteiger partial charge in [0, 0.05) is 24.5 Å². The fourth-order valence-corrected chi connectivity index (χ4v) is 2.08. The average molecular weight is 390 g/mol. The summed E-state index contributed by atoms with van der Waals surface area (Å²) < 4.78 is 0. The summed E-state index contributed by atoms with van der Waals surface area (Å²) in [5.41, 5.74) is -2.10. The first-order valence-electron chi connectivity index (χ1n) is 7.24. The minimum Gasteiger partial charge on any atom is -0.355 e. The van der Waals surface area contributed by atoms with Crippen LogP contribution in [0.15, 0.2) is 48.8 Å². The molecule has 14 nitrogen and oxygen atoms in total. The van der Waals surface area contributed by atoms with Gasteiger partial charge in [-0.25, -0.2) is 0 Å². The molecule has 0 unspecified atom stereocenters. The lowest BCUT2D eigenvalue weighted by Gasteiger charge is -2.04. The smallest absolute Gasteiger partial charge is 0.299 e. The molecule has 0 aromatic heterocycles. The van der Waals surface area contributed by atoms with E-state index in [-0.39, 0.29) is 11.4 Å². The van der Waals surface area contributed by atoms with Crippen molar-refractivity contribution in [1.82, 2.24) is 0 Å². The van der Waals surface area contributed by atoms with Gasteiger partial charge in [0.2, 0.25) is 0 Å². The summed E-state index contributed by atoms with van der Waals surface area (Å²) in [4.78, 5) is 40.3. The molecule has 14 heteroatoms. The van der Waals surface area contributed by atoms with Crippen molar-refractivity contribution >= 4 is 34.1 Å². The fourth-order valence-electron chi connectivity index (χ4n) is 2.08. The molecule has 2 aromatic rings. The first-order chi connectivity index (χ1) is 13.2. The number of rotatable bonds is 8. The molecule has 0 saturated carbocycles. The Morgan fingerprint density at radius 3 is 1.25 bits per heavy atom. The lowest BCUT2D eigenvalue weighted by Crippen LogP contribution is -2.00. The SMILES string of the molecule is O=[N+]([O-])c1ccc(NC=CNc2ccc([N+](=O)[O-])cc2[N+](=O)[O-])c([N+](=O)[O-])c1. The summed E-state index contributed by atoms with van der Waals surface area (Å²) in [5, 5.41) is 48.5. The molecule has 0 aliphatic carbocycles. The lowest BCUT2D eigenvalue weighted by molar-refractivity contribution is -0.393. The highest BCUT2D eigenvalue weighted by atomic mass is 16.6. The third kappa shape index (κ3) is 4.51. The second kappa shape index (κ2) is 8.17. The van der Waals surface area contributed by atoms with Crippen molar-refractivity contribution in [1.29, 1.82) is 0 Å². The number of nitrogens with one attached hydrogen (secondary N) is 2. The number of benzene rings is 2. The van der Waals surface area contributed by atoms with Crippen molar-refractivity contribution in [2.45, 2.75) is 0 Å². The summed E-state index contributed by atoms with van der Waals surface area (Å²) in [6, 6.07) is 5.97. The Morgan fingerprint density at radius 1 is 0.607 bits per heavy atom. The molecule has 0 bridgehead atoms. The van der Waals surface area contributed by atoms with Crippen LogP contribution in [-0.2, 0) is 0 Å². The van der Waals surface area contributed by atoms with E-state index in [1.165, 1.54) is 12.4 Å². The third-order valence-electron chi connectivity index (χ3n) is 3.34. The van der Waals surface area contributed by atoms with E-state index in [2.05, 4.69) is 10.6 Å². The van der Waals surface area contributed by atoms with Gasteiger partial charge in [-0.2, -0.15) is 0 Å². The molecular formula is C14H10N6O8. The number of nitro benzene ring substituents is 4. The maximum atomic E-state index is 11.0. The molecule has 28 heavy (non-hydrogen) atoms. The molecule has 144 valence electrons. The van der Waals surface area contributed by atoms with Gasteiger partial charge in [0.1, 0.15) is 11.4 Å². The van der Waals surface area contributed by atoms with Crippen LogP contribution in [-0.4, -0.2) is 19.7 Å². The maximum Gasteiger partial charge on any atom is 0.299 e. The predicted octanol–water partition coefficient (Wildman–Crippen LogP) is 3.31. The molecule has 2 rings (SSSR count). The van der Waals surface area contributed by atoms with Gasteiger partial charge in [0.15, 0.2) is 0 Å². The molecule has 0 saturated heterocycles. The Hall–Kier alpha value is -4.62. The van der Waals surface area contributed by atoms with E-state index in [0.29, 0.717) is 0 Å². The molecule has 0 spiro atoms. The van der Waals surface area contributed by atoms with Gasteiger partial charge >= 0.3 is 0 Å². The van der Waals surface area contributed by atoms with Crippen LogP contribution in [0, 0.1) is 40.5 Å². The van der Waals surface area contributed by atoms with Gasteiger partial charge in [0.05, 0.1) is 31.8 Å². The van der Waals surface area contributed by atoms with Crippen LogP contribution in [0.25, 0.3) is 0 Å². The van der Waals surface area contributed by atoms with Gasteiger partial charge in [0.25, 0.3) is 22.7 Å². The topological polar surface area (TPSA) is 197 Å². The van der Waals surface area contributed by atoms with Crippen LogP contribution in [0.2, 0.25) is 0 Å². The summed E-state index contributed by atoms with van der Waals surface area (Å²) in [6.07, 6.45) is 2.33. The quantitative estimate of drug-likeness (QED) is 0.498. The Bertz CT molecular complexity index is 926. The number of non-ortho nitro benzene ring substituents is 2. The second-order valence-corrected chi connectivity index (χ2v) is 5.05. The third-order valence-corrected chi connectivity index (χ3v) is 3.34. The summed E-state index contributed by atoms with van der Waals surface area (Å²) in [5.74, 6) is 0. The van der Waals surface area contributed by atoms with E-state index in [1.54, 1.807) is 0 Å². The predicted molar refractivity (Wildman–Crippen MR) is 95.9 cm³/mol. The fraction of sp³-hybridized carbons (Fsp3) is 0. The molecule has 0 aliphatic rings. The minimum atomic E-state index is -0.808. The van der Waals surface area contributed by atoms with E-state index < -0.39 is 42.4 Å². The number of nitro groups is 4. The molecule has 2 N–H and O–H groups in total. The number of anilines is 2. The van der Waals surface area contributed by atoms with Crippen molar-refractivity contribution in [3.8, 4) is 0 Å². The van der Waals surface area contributed by atoms with Crippen molar-refractivity contribution < 1.29 is 19.7 Å². The Kier molecular flexibility index (Phi) is 5.75. The van der Waals surface area contributed by atoms with Crippen LogP contribution in [0.1, 0.15) is 0 Å². The van der Waals surface area contributed by atoms with Crippen LogP contribution in [0.3, 0.4) is 0 Å². The van der Waals surface area contributed by atoms with Crippen LogP contribution in [0.5, 0.6) is 0 Å². The molecule has 0 heterocycles. The van der Waals surface area contributed by atoms with E-state index in [4.69, 9.17) is 0 Å². The minimum absolute atomic E-state index is 0.0492. The standard InChI is InChI=1S/C14H10N6O8/c21-17(22)9-1-3-11(13(7-9)19(25)26)15-5-6-16-12-4-2-10(18(23)24)8-14(12)20(27)28/h1-8,15-16H. The molecule has 2 aromatic carbocycles. The lowest BCUT2D eigenvalue weighted by atomic mass is 10.2. The van der Waals surface area contributed by atoms with Crippen molar-refractivity contribution in [2.24, 2.45) is 0 Å².